The van der Waals surface area contributed by atoms with Crippen LogP contribution in [0.3, 0.4) is 0 Å². The van der Waals surface area contributed by atoms with Crippen molar-refractivity contribution in [2.24, 2.45) is 0 Å². The largest absolute Gasteiger partial charge is 0.360 e. The van der Waals surface area contributed by atoms with E-state index in [-0.39, 0.29) is 11.9 Å². The van der Waals surface area contributed by atoms with Gasteiger partial charge in [-0.15, -0.1) is 0 Å². The van der Waals surface area contributed by atoms with Crippen molar-refractivity contribution >= 4 is 5.78 Å². The standard InChI is InChI=1S/C21H36O2/c1-4-7-9-11-15-19(14-6-3)23-21(17-12-10-13-18-21)20(22)16-8-5-2/h10,12-13,17,19H,4-9,11,14-16,18H2,1-3H3. The Balaban J connectivity index is 2.70. The van der Waals surface area contributed by atoms with Crippen molar-refractivity contribution in [3.8, 4) is 0 Å². The molecule has 0 fully saturated rings. The van der Waals surface area contributed by atoms with Crippen LogP contribution in [0.25, 0.3) is 0 Å². The number of carbonyl (C=O) groups is 1. The highest BCUT2D eigenvalue weighted by Crippen LogP contribution is 2.30. The Hall–Kier alpha value is -0.890. The van der Waals surface area contributed by atoms with Gasteiger partial charge < -0.3 is 4.74 Å². The minimum absolute atomic E-state index is 0.207. The molecule has 0 aromatic carbocycles. The van der Waals surface area contributed by atoms with Crippen molar-refractivity contribution < 1.29 is 9.53 Å². The molecule has 0 amide bonds. The summed E-state index contributed by atoms with van der Waals surface area (Å²) >= 11 is 0. The van der Waals surface area contributed by atoms with Gasteiger partial charge in [0, 0.05) is 12.8 Å². The molecule has 0 aromatic rings. The van der Waals surface area contributed by atoms with E-state index in [1.54, 1.807) is 0 Å². The normalized spacial score (nSPS) is 21.5. The number of rotatable bonds is 13. The second-order valence-corrected chi connectivity index (χ2v) is 6.79. The average Bonchev–Trinajstić information content (AvgIpc) is 2.57. The molecule has 132 valence electrons. The van der Waals surface area contributed by atoms with Gasteiger partial charge in [-0.25, -0.2) is 0 Å². The molecule has 2 unspecified atom stereocenters. The number of ketones is 1. The first-order valence-corrected chi connectivity index (χ1v) is 9.74. The summed E-state index contributed by atoms with van der Waals surface area (Å²) in [5.74, 6) is 0.259. The van der Waals surface area contributed by atoms with Crippen molar-refractivity contribution in [2.75, 3.05) is 0 Å². The molecular formula is C21H36O2. The quantitative estimate of drug-likeness (QED) is 0.380. The van der Waals surface area contributed by atoms with Gasteiger partial charge in [0.2, 0.25) is 0 Å². The summed E-state index contributed by atoms with van der Waals surface area (Å²) in [4.78, 5) is 12.8. The number of carbonyl (C=O) groups excluding carboxylic acids is 1. The lowest BCUT2D eigenvalue weighted by Gasteiger charge is -2.34. The molecule has 0 aliphatic heterocycles. The summed E-state index contributed by atoms with van der Waals surface area (Å²) in [5, 5.41) is 0. The van der Waals surface area contributed by atoms with Gasteiger partial charge in [-0.3, -0.25) is 4.79 Å². The molecule has 0 saturated heterocycles. The molecule has 0 heterocycles. The zero-order valence-electron chi connectivity index (χ0n) is 15.5. The third-order valence-corrected chi connectivity index (χ3v) is 4.63. The molecule has 0 bridgehead atoms. The van der Waals surface area contributed by atoms with E-state index >= 15 is 0 Å². The maximum Gasteiger partial charge on any atom is 0.168 e. The minimum atomic E-state index is -0.700. The van der Waals surface area contributed by atoms with Gasteiger partial charge in [-0.1, -0.05) is 77.5 Å². The van der Waals surface area contributed by atoms with Crippen LogP contribution in [0, 0.1) is 0 Å². The van der Waals surface area contributed by atoms with Crippen LogP contribution in [0.4, 0.5) is 0 Å². The Morgan fingerprint density at radius 3 is 2.39 bits per heavy atom. The highest BCUT2D eigenvalue weighted by molar-refractivity contribution is 5.90. The molecule has 1 aliphatic rings. The number of ether oxygens (including phenoxy) is 1. The number of Topliss-reactive ketones (excluding diaryl/α,β-unsaturated/α-hetero) is 1. The Morgan fingerprint density at radius 2 is 1.78 bits per heavy atom. The van der Waals surface area contributed by atoms with Crippen LogP contribution in [0.1, 0.15) is 91.4 Å². The second-order valence-electron chi connectivity index (χ2n) is 6.79. The first-order valence-electron chi connectivity index (χ1n) is 9.74. The highest BCUT2D eigenvalue weighted by Gasteiger charge is 2.37. The van der Waals surface area contributed by atoms with E-state index in [1.807, 2.05) is 18.2 Å². The second kappa shape index (κ2) is 11.6. The van der Waals surface area contributed by atoms with E-state index in [9.17, 15) is 4.79 Å². The predicted molar refractivity (Wildman–Crippen MR) is 98.7 cm³/mol. The summed E-state index contributed by atoms with van der Waals surface area (Å²) in [7, 11) is 0. The van der Waals surface area contributed by atoms with Gasteiger partial charge in [-0.05, 0) is 25.3 Å². The topological polar surface area (TPSA) is 26.3 Å². The van der Waals surface area contributed by atoms with Gasteiger partial charge in [0.1, 0.15) is 5.60 Å². The Morgan fingerprint density at radius 1 is 1.00 bits per heavy atom. The van der Waals surface area contributed by atoms with Crippen LogP contribution in [-0.2, 0) is 9.53 Å². The summed E-state index contributed by atoms with van der Waals surface area (Å²) in [6.07, 6.45) is 19.9. The zero-order valence-corrected chi connectivity index (χ0v) is 15.5. The van der Waals surface area contributed by atoms with Gasteiger partial charge >= 0.3 is 0 Å². The van der Waals surface area contributed by atoms with Crippen molar-refractivity contribution in [3.63, 3.8) is 0 Å². The SMILES string of the molecule is CCCCCCC(CCC)OC1(C(=O)CCCC)C=CC=CC1. The van der Waals surface area contributed by atoms with Gasteiger partial charge in [0.25, 0.3) is 0 Å². The first-order chi connectivity index (χ1) is 11.2. The van der Waals surface area contributed by atoms with E-state index < -0.39 is 5.60 Å². The minimum Gasteiger partial charge on any atom is -0.360 e. The van der Waals surface area contributed by atoms with Crippen molar-refractivity contribution in [1.82, 2.24) is 0 Å². The molecule has 0 N–H and O–H groups in total. The third-order valence-electron chi connectivity index (χ3n) is 4.63. The van der Waals surface area contributed by atoms with Crippen LogP contribution in [0.2, 0.25) is 0 Å². The molecule has 1 aliphatic carbocycles. The third kappa shape index (κ3) is 7.03. The van der Waals surface area contributed by atoms with Crippen LogP contribution >= 0.6 is 0 Å². The lowest BCUT2D eigenvalue weighted by atomic mass is 9.87. The van der Waals surface area contributed by atoms with Crippen LogP contribution in [0.15, 0.2) is 24.3 Å². The van der Waals surface area contributed by atoms with E-state index in [1.165, 1.54) is 25.7 Å². The molecule has 2 atom stereocenters. The number of allylic oxidation sites excluding steroid dienone is 2. The molecule has 0 spiro atoms. The summed E-state index contributed by atoms with van der Waals surface area (Å²) in [6, 6.07) is 0. The smallest absolute Gasteiger partial charge is 0.168 e. The number of hydrogen-bond donors (Lipinski definition) is 0. The molecule has 2 heteroatoms. The fourth-order valence-corrected chi connectivity index (χ4v) is 3.19. The highest BCUT2D eigenvalue weighted by atomic mass is 16.5. The Kier molecular flexibility index (Phi) is 10.2. The lowest BCUT2D eigenvalue weighted by molar-refractivity contribution is -0.146. The number of unbranched alkanes of at least 4 members (excludes halogenated alkanes) is 4. The molecule has 0 radical (unpaired) electrons. The molecule has 23 heavy (non-hydrogen) atoms. The average molecular weight is 321 g/mol. The van der Waals surface area contributed by atoms with Crippen molar-refractivity contribution in [2.45, 2.75) is 103 Å². The molecule has 2 nitrogen and oxygen atoms in total. The van der Waals surface area contributed by atoms with E-state index in [0.717, 1.165) is 32.1 Å². The monoisotopic (exact) mass is 320 g/mol. The van der Waals surface area contributed by atoms with Crippen LogP contribution in [0.5, 0.6) is 0 Å². The summed E-state index contributed by atoms with van der Waals surface area (Å²) < 4.78 is 6.47. The van der Waals surface area contributed by atoms with Gasteiger partial charge in [0.05, 0.1) is 6.10 Å². The summed E-state index contributed by atoms with van der Waals surface area (Å²) in [5.41, 5.74) is -0.700. The van der Waals surface area contributed by atoms with Crippen molar-refractivity contribution in [1.29, 1.82) is 0 Å². The molecule has 1 rings (SSSR count). The van der Waals surface area contributed by atoms with Gasteiger partial charge in [-0.2, -0.15) is 0 Å². The fourth-order valence-electron chi connectivity index (χ4n) is 3.19. The predicted octanol–water partition coefficient (Wildman–Crippen LogP) is 6.16. The Labute approximate surface area is 143 Å². The first kappa shape index (κ1) is 20.2. The zero-order chi connectivity index (χ0) is 17.0. The number of hydrogen-bond acceptors (Lipinski definition) is 2. The van der Waals surface area contributed by atoms with Crippen molar-refractivity contribution in [3.05, 3.63) is 24.3 Å². The molecule has 0 aromatic heterocycles. The maximum atomic E-state index is 12.8. The fraction of sp³-hybridized carbons (Fsp3) is 0.762. The van der Waals surface area contributed by atoms with Crippen LogP contribution < -0.4 is 0 Å². The molecular weight excluding hydrogens is 284 g/mol. The summed E-state index contributed by atoms with van der Waals surface area (Å²) in [6.45, 7) is 6.57. The maximum absolute atomic E-state index is 12.8. The van der Waals surface area contributed by atoms with E-state index in [2.05, 4.69) is 26.8 Å². The van der Waals surface area contributed by atoms with E-state index in [4.69, 9.17) is 4.74 Å². The Bertz CT molecular complexity index is 383. The van der Waals surface area contributed by atoms with Crippen LogP contribution in [-0.4, -0.2) is 17.5 Å². The molecule has 0 saturated carbocycles. The van der Waals surface area contributed by atoms with Gasteiger partial charge in [0.15, 0.2) is 5.78 Å². The van der Waals surface area contributed by atoms with E-state index in [0.29, 0.717) is 12.8 Å². The lowest BCUT2D eigenvalue weighted by Crippen LogP contribution is -2.43.